The van der Waals surface area contributed by atoms with Crippen LogP contribution in [0.1, 0.15) is 75.7 Å². The van der Waals surface area contributed by atoms with Crippen LogP contribution in [0, 0.1) is 11.7 Å². The molecule has 7 nitrogen and oxygen atoms in total. The number of aliphatic carboxylic acids is 1. The van der Waals surface area contributed by atoms with Crippen molar-refractivity contribution in [3.05, 3.63) is 39.9 Å². The number of carboxylic acids is 1. The molecule has 0 unspecified atom stereocenters. The highest BCUT2D eigenvalue weighted by atomic mass is 19.1. The number of carbonyl (C=O) groups is 2. The molecule has 1 aliphatic carbocycles. The molecule has 32 heavy (non-hydrogen) atoms. The van der Waals surface area contributed by atoms with Crippen LogP contribution in [0.2, 0.25) is 0 Å². The van der Waals surface area contributed by atoms with Crippen molar-refractivity contribution in [2.45, 2.75) is 71.4 Å². The molecule has 1 aromatic carbocycles. The first-order valence-electron chi connectivity index (χ1n) is 11.4. The Morgan fingerprint density at radius 1 is 1.19 bits per heavy atom. The van der Waals surface area contributed by atoms with E-state index in [0.717, 1.165) is 25.7 Å². The van der Waals surface area contributed by atoms with Gasteiger partial charge in [-0.15, -0.1) is 0 Å². The fraction of sp³-hybridized carbons (Fsp3) is 0.542. The third-order valence-electron chi connectivity index (χ3n) is 6.23. The molecule has 1 aromatic heterocycles. The number of pyridine rings is 1. The van der Waals surface area contributed by atoms with Gasteiger partial charge in [0.1, 0.15) is 11.4 Å². The second kappa shape index (κ2) is 10.1. The molecule has 3 rings (SSSR count). The van der Waals surface area contributed by atoms with Gasteiger partial charge in [-0.1, -0.05) is 20.8 Å². The van der Waals surface area contributed by atoms with E-state index in [1.807, 2.05) is 18.4 Å². The smallest absolute Gasteiger partial charge is 0.305 e. The summed E-state index contributed by atoms with van der Waals surface area (Å²) in [7, 11) is 0. The number of rotatable bonds is 11. The Morgan fingerprint density at radius 2 is 1.88 bits per heavy atom. The van der Waals surface area contributed by atoms with Gasteiger partial charge in [-0.2, -0.15) is 0 Å². The fourth-order valence-corrected chi connectivity index (χ4v) is 4.00. The highest BCUT2D eigenvalue weighted by Crippen LogP contribution is 2.31. The van der Waals surface area contributed by atoms with Gasteiger partial charge in [0.05, 0.1) is 17.6 Å². The third-order valence-corrected chi connectivity index (χ3v) is 6.23. The molecular weight excluding hydrogens is 413 g/mol. The molecule has 0 saturated heterocycles. The molecule has 3 N–H and O–H groups in total. The minimum atomic E-state index is -1.03. The zero-order chi connectivity index (χ0) is 23.4. The lowest BCUT2D eigenvalue weighted by atomic mass is 10.1. The molecule has 0 aliphatic heterocycles. The summed E-state index contributed by atoms with van der Waals surface area (Å²) in [5, 5.41) is 15.0. The first-order chi connectivity index (χ1) is 15.3. The summed E-state index contributed by atoms with van der Waals surface area (Å²) >= 11 is 0. The number of nitrogens with one attached hydrogen (secondary N) is 2. The Bertz CT molecular complexity index is 1060. The average molecular weight is 446 g/mol. The molecule has 174 valence electrons. The summed E-state index contributed by atoms with van der Waals surface area (Å²) in [4.78, 5) is 37.2. The zero-order valence-corrected chi connectivity index (χ0v) is 18.9. The highest BCUT2D eigenvalue weighted by molar-refractivity contribution is 5.98. The third kappa shape index (κ3) is 5.29. The van der Waals surface area contributed by atoms with Crippen molar-refractivity contribution in [3.63, 3.8) is 0 Å². The maximum absolute atomic E-state index is 14.8. The van der Waals surface area contributed by atoms with Crippen LogP contribution in [0.5, 0.6) is 0 Å². The van der Waals surface area contributed by atoms with E-state index < -0.39 is 29.2 Å². The van der Waals surface area contributed by atoms with Crippen LogP contribution in [0.25, 0.3) is 10.9 Å². The van der Waals surface area contributed by atoms with Crippen LogP contribution < -0.4 is 16.1 Å². The number of hydrogen-bond acceptors (Lipinski definition) is 4. The monoisotopic (exact) mass is 445 g/mol. The lowest BCUT2D eigenvalue weighted by Crippen LogP contribution is -2.38. The van der Waals surface area contributed by atoms with Crippen molar-refractivity contribution in [2.24, 2.45) is 5.92 Å². The lowest BCUT2D eigenvalue weighted by molar-refractivity contribution is -0.137. The van der Waals surface area contributed by atoms with Crippen molar-refractivity contribution in [1.29, 1.82) is 0 Å². The van der Waals surface area contributed by atoms with E-state index in [9.17, 15) is 18.8 Å². The standard InChI is InChI=1S/C24H32FN3O4/c1-4-15(9-22(29)30)27-24(32)18-13-28(16(5-2)6-3)21-11-20(26-12-14-7-8-14)19(25)10-17(21)23(18)31/h10-11,13-16,26H,4-9,12H2,1-3H3,(H,27,32)(H,29,30)/t15-/m1/s1. The van der Waals surface area contributed by atoms with E-state index in [4.69, 9.17) is 5.11 Å². The Hall–Kier alpha value is -2.90. The number of aromatic nitrogens is 1. The number of halogens is 1. The van der Waals surface area contributed by atoms with Crippen molar-refractivity contribution in [2.75, 3.05) is 11.9 Å². The average Bonchev–Trinajstić information content (AvgIpc) is 3.58. The van der Waals surface area contributed by atoms with Crippen LogP contribution in [-0.2, 0) is 4.79 Å². The summed E-state index contributed by atoms with van der Waals surface area (Å²) in [6, 6.07) is 2.29. The van der Waals surface area contributed by atoms with Crippen LogP contribution in [0.4, 0.5) is 10.1 Å². The number of hydrogen-bond donors (Lipinski definition) is 3. The Labute approximate surface area is 187 Å². The molecule has 0 spiro atoms. The Balaban J connectivity index is 2.08. The second-order valence-corrected chi connectivity index (χ2v) is 8.60. The van der Waals surface area contributed by atoms with E-state index in [2.05, 4.69) is 10.6 Å². The zero-order valence-electron chi connectivity index (χ0n) is 18.9. The van der Waals surface area contributed by atoms with E-state index >= 15 is 0 Å². The fourth-order valence-electron chi connectivity index (χ4n) is 4.00. The molecule has 2 aromatic rings. The van der Waals surface area contributed by atoms with Crippen LogP contribution >= 0.6 is 0 Å². The van der Waals surface area contributed by atoms with Gasteiger partial charge in [0.2, 0.25) is 5.43 Å². The van der Waals surface area contributed by atoms with Crippen molar-refractivity contribution in [3.8, 4) is 0 Å². The predicted octanol–water partition coefficient (Wildman–Crippen LogP) is 4.31. The minimum absolute atomic E-state index is 0.0207. The quantitative estimate of drug-likeness (QED) is 0.479. The molecule has 1 saturated carbocycles. The topological polar surface area (TPSA) is 100 Å². The van der Waals surface area contributed by atoms with E-state index in [1.165, 1.54) is 12.3 Å². The molecule has 1 atom stereocenters. The van der Waals surface area contributed by atoms with Crippen molar-refractivity contribution in [1.82, 2.24) is 9.88 Å². The van der Waals surface area contributed by atoms with Gasteiger partial charge >= 0.3 is 5.97 Å². The number of carboxylic acid groups (broad SMARTS) is 1. The van der Waals surface area contributed by atoms with Gasteiger partial charge in [-0.05, 0) is 50.2 Å². The summed E-state index contributed by atoms with van der Waals surface area (Å²) in [6.07, 6.45) is 5.54. The predicted molar refractivity (Wildman–Crippen MR) is 123 cm³/mol. The van der Waals surface area contributed by atoms with Gasteiger partial charge in [0.15, 0.2) is 0 Å². The molecule has 0 radical (unpaired) electrons. The van der Waals surface area contributed by atoms with Gasteiger partial charge in [-0.3, -0.25) is 14.4 Å². The SMILES string of the molecule is CCC(CC)n1cc(C(=O)N[C@H](CC)CC(=O)O)c(=O)c2cc(F)c(NCC3CC3)cc21. The molecule has 0 bridgehead atoms. The molecule has 1 fully saturated rings. The maximum atomic E-state index is 14.8. The van der Waals surface area contributed by atoms with E-state index in [-0.39, 0.29) is 23.4 Å². The minimum Gasteiger partial charge on any atom is -0.481 e. The number of fused-ring (bicyclic) bond motifs is 1. The van der Waals surface area contributed by atoms with Gasteiger partial charge in [0.25, 0.3) is 5.91 Å². The normalized spacial score (nSPS) is 14.5. The Morgan fingerprint density at radius 3 is 2.44 bits per heavy atom. The number of carbonyl (C=O) groups excluding carboxylic acids is 1. The largest absolute Gasteiger partial charge is 0.481 e. The highest BCUT2D eigenvalue weighted by Gasteiger charge is 2.24. The molecule has 1 heterocycles. The summed E-state index contributed by atoms with van der Waals surface area (Å²) < 4.78 is 16.7. The summed E-state index contributed by atoms with van der Waals surface area (Å²) in [5.74, 6) is -1.63. The lowest BCUT2D eigenvalue weighted by Gasteiger charge is -2.23. The second-order valence-electron chi connectivity index (χ2n) is 8.60. The summed E-state index contributed by atoms with van der Waals surface area (Å²) in [5.41, 5.74) is 0.273. The molecule has 1 amide bonds. The van der Waals surface area contributed by atoms with Gasteiger partial charge in [-0.25, -0.2) is 4.39 Å². The van der Waals surface area contributed by atoms with Crippen LogP contribution in [0.3, 0.4) is 0 Å². The van der Waals surface area contributed by atoms with Gasteiger partial charge < -0.3 is 20.3 Å². The molecular formula is C24H32FN3O4. The van der Waals surface area contributed by atoms with Crippen LogP contribution in [0.15, 0.2) is 23.1 Å². The molecule has 1 aliphatic rings. The van der Waals surface area contributed by atoms with Crippen molar-refractivity contribution < 1.29 is 19.1 Å². The first kappa shape index (κ1) is 23.8. The number of nitrogens with zero attached hydrogens (tertiary/aromatic N) is 1. The number of anilines is 1. The van der Waals surface area contributed by atoms with Gasteiger partial charge in [0, 0.05) is 30.2 Å². The van der Waals surface area contributed by atoms with E-state index in [1.54, 1.807) is 13.0 Å². The Kier molecular flexibility index (Phi) is 7.53. The summed E-state index contributed by atoms with van der Waals surface area (Å²) in [6.45, 7) is 6.50. The number of amides is 1. The maximum Gasteiger partial charge on any atom is 0.305 e. The molecule has 8 heteroatoms. The van der Waals surface area contributed by atoms with Crippen molar-refractivity contribution >= 4 is 28.5 Å². The first-order valence-corrected chi connectivity index (χ1v) is 11.4. The van der Waals surface area contributed by atoms with E-state index in [0.29, 0.717) is 30.1 Å². The van der Waals surface area contributed by atoms with Crippen LogP contribution in [-0.4, -0.2) is 34.1 Å². The number of benzene rings is 1.